The van der Waals surface area contributed by atoms with Crippen LogP contribution in [0.25, 0.3) is 0 Å². The molecule has 1 unspecified atom stereocenters. The molecule has 0 bridgehead atoms. The molecule has 4 nitrogen and oxygen atoms in total. The highest BCUT2D eigenvalue weighted by molar-refractivity contribution is 5.38. The van der Waals surface area contributed by atoms with Crippen LogP contribution in [0.5, 0.6) is 5.75 Å². The Labute approximate surface area is 116 Å². The van der Waals surface area contributed by atoms with Gasteiger partial charge in [-0.15, -0.1) is 0 Å². The fourth-order valence-electron chi connectivity index (χ4n) is 1.92. The molecular weight excluding hydrogens is 264 g/mol. The Hall–Kier alpha value is -1.95. The molecule has 0 saturated heterocycles. The number of alkyl halides is 2. The van der Waals surface area contributed by atoms with Crippen molar-refractivity contribution in [2.45, 2.75) is 33.0 Å². The fourth-order valence-corrected chi connectivity index (χ4v) is 1.92. The summed E-state index contributed by atoms with van der Waals surface area (Å²) < 4.78 is 31.8. The number of hydrogen-bond acceptors (Lipinski definition) is 3. The maximum atomic E-state index is 12.7. The number of hydrogen-bond donors (Lipinski definition) is 1. The van der Waals surface area contributed by atoms with Gasteiger partial charge in [0.15, 0.2) is 5.82 Å². The van der Waals surface area contributed by atoms with Gasteiger partial charge in [0.2, 0.25) is 0 Å². The van der Waals surface area contributed by atoms with E-state index >= 15 is 0 Å². The SMILES string of the molecule is Cc1ccc(C(C)N)c(OCc2nccn2C(F)F)c1. The summed E-state index contributed by atoms with van der Waals surface area (Å²) in [6.07, 6.45) is 2.56. The minimum absolute atomic E-state index is 0.0273. The van der Waals surface area contributed by atoms with E-state index in [1.54, 1.807) is 0 Å². The lowest BCUT2D eigenvalue weighted by atomic mass is 10.1. The Morgan fingerprint density at radius 2 is 2.15 bits per heavy atom. The van der Waals surface area contributed by atoms with Crippen molar-refractivity contribution in [3.05, 3.63) is 47.5 Å². The standard InChI is InChI=1S/C14H17F2N3O/c1-9-3-4-11(10(2)17)12(7-9)20-8-13-18-5-6-19(13)14(15)16/h3-7,10,14H,8,17H2,1-2H3. The first kappa shape index (κ1) is 14.5. The highest BCUT2D eigenvalue weighted by Crippen LogP contribution is 2.26. The summed E-state index contributed by atoms with van der Waals surface area (Å²) in [5, 5.41) is 0. The van der Waals surface area contributed by atoms with Crippen LogP contribution in [0.15, 0.2) is 30.6 Å². The van der Waals surface area contributed by atoms with Gasteiger partial charge < -0.3 is 10.5 Å². The first-order valence-corrected chi connectivity index (χ1v) is 6.28. The second-order valence-corrected chi connectivity index (χ2v) is 4.65. The van der Waals surface area contributed by atoms with Gasteiger partial charge in [-0.25, -0.2) is 4.98 Å². The van der Waals surface area contributed by atoms with Crippen LogP contribution in [0.2, 0.25) is 0 Å². The van der Waals surface area contributed by atoms with Gasteiger partial charge in [0.05, 0.1) is 0 Å². The van der Waals surface area contributed by atoms with Crippen LogP contribution >= 0.6 is 0 Å². The van der Waals surface area contributed by atoms with E-state index in [4.69, 9.17) is 10.5 Å². The van der Waals surface area contributed by atoms with E-state index in [1.165, 1.54) is 12.4 Å². The monoisotopic (exact) mass is 281 g/mol. The number of nitrogens with two attached hydrogens (primary N) is 1. The van der Waals surface area contributed by atoms with Crippen LogP contribution < -0.4 is 10.5 Å². The maximum Gasteiger partial charge on any atom is 0.320 e. The summed E-state index contributed by atoms with van der Waals surface area (Å²) in [6.45, 7) is 1.12. The summed E-state index contributed by atoms with van der Waals surface area (Å²) in [6, 6.07) is 5.47. The number of aromatic nitrogens is 2. The number of halogens is 2. The van der Waals surface area contributed by atoms with Gasteiger partial charge >= 0.3 is 6.55 Å². The number of benzene rings is 1. The van der Waals surface area contributed by atoms with Gasteiger partial charge in [0.25, 0.3) is 0 Å². The summed E-state index contributed by atoms with van der Waals surface area (Å²) in [5.74, 6) is 0.779. The molecule has 0 fully saturated rings. The van der Waals surface area contributed by atoms with E-state index in [0.29, 0.717) is 5.75 Å². The third-order valence-corrected chi connectivity index (χ3v) is 2.98. The Balaban J connectivity index is 2.18. The minimum atomic E-state index is -2.62. The van der Waals surface area contributed by atoms with Crippen molar-refractivity contribution >= 4 is 0 Å². The highest BCUT2D eigenvalue weighted by atomic mass is 19.3. The average Bonchev–Trinajstić information content (AvgIpc) is 2.84. The van der Waals surface area contributed by atoms with Crippen molar-refractivity contribution in [1.82, 2.24) is 9.55 Å². The number of rotatable bonds is 5. The van der Waals surface area contributed by atoms with Crippen LogP contribution in [-0.4, -0.2) is 9.55 Å². The van der Waals surface area contributed by atoms with Crippen molar-refractivity contribution in [2.24, 2.45) is 5.73 Å². The highest BCUT2D eigenvalue weighted by Gasteiger charge is 2.13. The molecule has 0 spiro atoms. The summed E-state index contributed by atoms with van der Waals surface area (Å²) in [5.41, 5.74) is 7.72. The molecule has 108 valence electrons. The van der Waals surface area contributed by atoms with Crippen LogP contribution in [0.3, 0.4) is 0 Å². The van der Waals surface area contributed by atoms with Gasteiger partial charge in [-0.05, 0) is 25.5 Å². The lowest BCUT2D eigenvalue weighted by molar-refractivity contribution is 0.0632. The summed E-state index contributed by atoms with van der Waals surface area (Å²) in [4.78, 5) is 3.88. The number of ether oxygens (including phenoxy) is 1. The molecular formula is C14H17F2N3O. The largest absolute Gasteiger partial charge is 0.485 e. The van der Waals surface area contributed by atoms with Crippen LogP contribution in [-0.2, 0) is 6.61 Å². The molecule has 0 aliphatic carbocycles. The Morgan fingerprint density at radius 3 is 2.80 bits per heavy atom. The molecule has 0 saturated carbocycles. The normalized spacial score (nSPS) is 12.7. The maximum absolute atomic E-state index is 12.7. The van der Waals surface area contributed by atoms with Crippen LogP contribution in [0.4, 0.5) is 8.78 Å². The third kappa shape index (κ3) is 3.14. The molecule has 1 aromatic heterocycles. The number of nitrogens with zero attached hydrogens (tertiary/aromatic N) is 2. The molecule has 2 rings (SSSR count). The first-order chi connectivity index (χ1) is 9.49. The van der Waals surface area contributed by atoms with Crippen molar-refractivity contribution in [3.63, 3.8) is 0 Å². The Kier molecular flexibility index (Phi) is 4.34. The smallest absolute Gasteiger partial charge is 0.320 e. The molecule has 20 heavy (non-hydrogen) atoms. The summed E-state index contributed by atoms with van der Waals surface area (Å²) in [7, 11) is 0. The Bertz CT molecular complexity index is 582. The van der Waals surface area contributed by atoms with E-state index in [1.807, 2.05) is 32.0 Å². The zero-order valence-corrected chi connectivity index (χ0v) is 11.4. The molecule has 0 aliphatic heterocycles. The van der Waals surface area contributed by atoms with Crippen molar-refractivity contribution in [2.75, 3.05) is 0 Å². The molecule has 1 aromatic carbocycles. The van der Waals surface area contributed by atoms with Gasteiger partial charge in [-0.2, -0.15) is 8.78 Å². The molecule has 0 radical (unpaired) electrons. The number of imidazole rings is 1. The van der Waals surface area contributed by atoms with Crippen LogP contribution in [0.1, 0.15) is 36.5 Å². The average molecular weight is 281 g/mol. The van der Waals surface area contributed by atoms with Crippen molar-refractivity contribution in [1.29, 1.82) is 0 Å². The van der Waals surface area contributed by atoms with Crippen molar-refractivity contribution in [3.8, 4) is 5.75 Å². The van der Waals surface area contributed by atoms with Gasteiger partial charge in [0.1, 0.15) is 12.4 Å². The van der Waals surface area contributed by atoms with Gasteiger partial charge in [-0.3, -0.25) is 4.57 Å². The third-order valence-electron chi connectivity index (χ3n) is 2.98. The van der Waals surface area contributed by atoms with Crippen molar-refractivity contribution < 1.29 is 13.5 Å². The lowest BCUT2D eigenvalue weighted by Gasteiger charge is -2.15. The summed E-state index contributed by atoms with van der Waals surface area (Å²) >= 11 is 0. The van der Waals surface area contributed by atoms with E-state index in [0.717, 1.165) is 15.7 Å². The quantitative estimate of drug-likeness (QED) is 0.915. The second kappa shape index (κ2) is 6.00. The van der Waals surface area contributed by atoms with E-state index < -0.39 is 6.55 Å². The molecule has 2 aromatic rings. The van der Waals surface area contributed by atoms with E-state index in [9.17, 15) is 8.78 Å². The molecule has 0 aliphatic rings. The minimum Gasteiger partial charge on any atom is -0.485 e. The molecule has 1 atom stereocenters. The second-order valence-electron chi connectivity index (χ2n) is 4.65. The Morgan fingerprint density at radius 1 is 1.40 bits per heavy atom. The van der Waals surface area contributed by atoms with E-state index in [-0.39, 0.29) is 18.5 Å². The van der Waals surface area contributed by atoms with Gasteiger partial charge in [0, 0.05) is 24.0 Å². The zero-order chi connectivity index (χ0) is 14.7. The molecule has 1 heterocycles. The lowest BCUT2D eigenvalue weighted by Crippen LogP contribution is -2.11. The van der Waals surface area contributed by atoms with Crippen LogP contribution in [0, 0.1) is 6.92 Å². The van der Waals surface area contributed by atoms with Gasteiger partial charge in [-0.1, -0.05) is 12.1 Å². The first-order valence-electron chi connectivity index (χ1n) is 6.28. The predicted molar refractivity (Wildman–Crippen MR) is 71.6 cm³/mol. The molecule has 2 N–H and O–H groups in total. The number of aryl methyl sites for hydroxylation is 1. The molecule has 6 heteroatoms. The predicted octanol–water partition coefficient (Wildman–Crippen LogP) is 3.19. The zero-order valence-electron chi connectivity index (χ0n) is 11.4. The molecule has 0 amide bonds. The van der Waals surface area contributed by atoms with E-state index in [2.05, 4.69) is 4.98 Å². The fraction of sp³-hybridized carbons (Fsp3) is 0.357. The topological polar surface area (TPSA) is 53.1 Å².